The molecule has 2 aromatic rings. The third-order valence-electron chi connectivity index (χ3n) is 4.60. The second-order valence-electron chi connectivity index (χ2n) is 6.86. The Labute approximate surface area is 182 Å². The van der Waals surface area contributed by atoms with Crippen molar-refractivity contribution in [3.8, 4) is 0 Å². The Morgan fingerprint density at radius 1 is 1.24 bits per heavy atom. The number of hydrogen-bond acceptors (Lipinski definition) is 5. The molecule has 29 heavy (non-hydrogen) atoms. The first kappa shape index (κ1) is 21.5. The van der Waals surface area contributed by atoms with Crippen molar-refractivity contribution in [2.24, 2.45) is 0 Å². The number of rotatable bonds is 10. The van der Waals surface area contributed by atoms with Crippen molar-refractivity contribution in [1.29, 1.82) is 0 Å². The number of benzene rings is 1. The average molecular weight is 505 g/mol. The zero-order chi connectivity index (χ0) is 20.5. The predicted octanol–water partition coefficient (Wildman–Crippen LogP) is 2.49. The van der Waals surface area contributed by atoms with Crippen LogP contribution in [0.25, 0.3) is 5.57 Å². The zero-order valence-corrected chi connectivity index (χ0v) is 19.0. The van der Waals surface area contributed by atoms with Gasteiger partial charge in [-0.3, -0.25) is 4.79 Å². The molecule has 2 heterocycles. The van der Waals surface area contributed by atoms with E-state index in [1.54, 1.807) is 0 Å². The number of ether oxygens (including phenoxy) is 1. The Morgan fingerprint density at radius 2 is 2.07 bits per heavy atom. The first-order valence-corrected chi connectivity index (χ1v) is 12.4. The molecule has 0 bridgehead atoms. The average Bonchev–Trinajstić information content (AvgIpc) is 3.12. The van der Waals surface area contributed by atoms with Gasteiger partial charge in [0.2, 0.25) is 0 Å². The van der Waals surface area contributed by atoms with Crippen LogP contribution in [0.5, 0.6) is 0 Å². The van der Waals surface area contributed by atoms with Crippen molar-refractivity contribution in [2.45, 2.75) is 45.4 Å². The number of Topliss-reactive ketones (excluding diaryl/α,β-unsaturated/α-hetero) is 1. The van der Waals surface area contributed by atoms with Gasteiger partial charge in [0.25, 0.3) is 0 Å². The molecular weight excluding hydrogens is 479 g/mol. The van der Waals surface area contributed by atoms with Crippen LogP contribution in [0.1, 0.15) is 67.5 Å². The first-order valence-electron chi connectivity index (χ1n) is 9.92. The summed E-state index contributed by atoms with van der Waals surface area (Å²) in [6.07, 6.45) is 7.31. The van der Waals surface area contributed by atoms with E-state index >= 15 is 0 Å². The predicted molar refractivity (Wildman–Crippen MR) is 109 cm³/mol. The molecule has 0 spiro atoms. The molecule has 3 rings (SSSR count). The molecule has 1 aliphatic rings. The number of carbonyl (C=O) groups excluding carboxylic acids is 1. The number of aromatic nitrogens is 2. The fourth-order valence-electron chi connectivity index (χ4n) is 3.00. The maximum absolute atomic E-state index is 12.2. The van der Waals surface area contributed by atoms with Crippen LogP contribution < -0.4 is 21.2 Å². The molecule has 1 atom stereocenters. The number of halogens is 1. The second kappa shape index (κ2) is 11.1. The third kappa shape index (κ3) is 6.39. The van der Waals surface area contributed by atoms with Crippen LogP contribution in [0, 0.1) is 0 Å². The quantitative estimate of drug-likeness (QED) is 0.282. The summed E-state index contributed by atoms with van der Waals surface area (Å²) in [6, 6.07) is 9.46. The number of hydrogen-bond donors (Lipinski definition) is 0. The minimum atomic E-state index is -0.157. The van der Waals surface area contributed by atoms with Crippen molar-refractivity contribution in [2.75, 3.05) is 6.61 Å². The van der Waals surface area contributed by atoms with Gasteiger partial charge in [-0.15, -0.1) is 0 Å². The fraction of sp³-hybridized carbons (Fsp3) is 0.348. The van der Waals surface area contributed by atoms with Gasteiger partial charge in [-0.2, -0.15) is 0 Å². The molecule has 1 aliphatic heterocycles. The summed E-state index contributed by atoms with van der Waals surface area (Å²) in [5.74, 6) is 2.48. The van der Waals surface area contributed by atoms with E-state index in [9.17, 15) is 4.79 Å². The number of unbranched alkanes of at least 4 members (excludes halogenated alkanes) is 1. The van der Waals surface area contributed by atoms with Crippen LogP contribution in [0.3, 0.4) is 0 Å². The molecule has 1 aromatic carbocycles. The Balaban J connectivity index is 1.51. The Hall–Kier alpha value is -2.22. The van der Waals surface area contributed by atoms with E-state index in [1.807, 2.05) is 49.4 Å². The Morgan fingerprint density at radius 3 is 2.86 bits per heavy atom. The molecule has 0 unspecified atom stereocenters. The topological polar surface area (TPSA) is 65.2 Å². The molecule has 0 saturated heterocycles. The summed E-state index contributed by atoms with van der Waals surface area (Å²) in [7, 11) is 0. The van der Waals surface area contributed by atoms with Gasteiger partial charge in [0.1, 0.15) is 0 Å². The van der Waals surface area contributed by atoms with Crippen LogP contribution in [0.4, 0.5) is 0 Å². The summed E-state index contributed by atoms with van der Waals surface area (Å²) < 4.78 is 15.5. The molecule has 0 aliphatic carbocycles. The van der Waals surface area contributed by atoms with Gasteiger partial charge in [-0.1, -0.05) is 30.3 Å². The van der Waals surface area contributed by atoms with Gasteiger partial charge in [0, 0.05) is 5.56 Å². The van der Waals surface area contributed by atoms with Gasteiger partial charge in [-0.25, -0.2) is 0 Å². The second-order valence-corrected chi connectivity index (χ2v) is 8.92. The van der Waals surface area contributed by atoms with Crippen LogP contribution in [-0.4, -0.2) is 22.5 Å². The van der Waals surface area contributed by atoms with Crippen molar-refractivity contribution in [1.82, 2.24) is 10.1 Å². The van der Waals surface area contributed by atoms with Crippen LogP contribution in [0.2, 0.25) is 0 Å². The summed E-state index contributed by atoms with van der Waals surface area (Å²) in [4.78, 5) is 16.8. The fourth-order valence-corrected chi connectivity index (χ4v) is 4.51. The van der Waals surface area contributed by atoms with Crippen LogP contribution in [0.15, 0.2) is 60.9 Å². The van der Waals surface area contributed by atoms with E-state index in [1.165, 1.54) is 0 Å². The number of nitrogens with zero attached hydrogens (tertiary/aromatic N) is 2. The molecule has 0 radical (unpaired) electrons. The van der Waals surface area contributed by atoms with Crippen LogP contribution in [-0.2, 0) is 4.74 Å². The molecule has 154 valence electrons. The van der Waals surface area contributed by atoms with Gasteiger partial charge in [0.15, 0.2) is 0 Å². The van der Waals surface area contributed by atoms with E-state index in [0.717, 1.165) is 36.2 Å². The summed E-state index contributed by atoms with van der Waals surface area (Å²) in [5.41, 5.74) is 1.70. The normalized spacial score (nSPS) is 15.0. The van der Waals surface area contributed by atoms with Gasteiger partial charge in [0.05, 0.1) is 0 Å². The standard InChI is InChI=1S/C23H26IN2O3/c1-3-28-20-15-19(13-14-24-16-20)22-25-23(29-26-22)17(2)9-7-8-12-21(27)18-10-5-4-6-11-18/h4-6,10-11,13-17H,3,7-9,12H2,1-2H3/q-1/t17-/m1/s1. The third-order valence-corrected chi connectivity index (χ3v) is 6.35. The molecule has 0 amide bonds. The number of carbonyl (C=O) groups is 1. The monoisotopic (exact) mass is 505 g/mol. The molecule has 1 aromatic heterocycles. The summed E-state index contributed by atoms with van der Waals surface area (Å²) in [5, 5.41) is 4.16. The maximum atomic E-state index is 12.2. The summed E-state index contributed by atoms with van der Waals surface area (Å²) in [6.45, 7) is 4.71. The molecule has 0 N–H and O–H groups in total. The zero-order valence-electron chi connectivity index (χ0n) is 16.8. The van der Waals surface area contributed by atoms with Gasteiger partial charge in [-0.05, 0) is 0 Å². The Bertz CT molecular complexity index is 900. The SMILES string of the molecule is CCOC1=C[I-]C=CC(c2noc([C@H](C)CCCCC(=O)c3ccccc3)n2)=C1. The Kier molecular flexibility index (Phi) is 8.22. The van der Waals surface area contributed by atoms with E-state index in [-0.39, 0.29) is 32.9 Å². The molecule has 0 fully saturated rings. The summed E-state index contributed by atoms with van der Waals surface area (Å²) >= 11 is -0.157. The minimum absolute atomic E-state index is 0.157. The molecular formula is C23H26IN2O3-. The van der Waals surface area contributed by atoms with Gasteiger partial charge >= 0.3 is 142 Å². The van der Waals surface area contributed by atoms with Crippen molar-refractivity contribution in [3.63, 3.8) is 0 Å². The van der Waals surface area contributed by atoms with Crippen molar-refractivity contribution < 1.29 is 35.3 Å². The van der Waals surface area contributed by atoms with Gasteiger partial charge < -0.3 is 0 Å². The van der Waals surface area contributed by atoms with E-state index in [0.29, 0.717) is 24.7 Å². The van der Waals surface area contributed by atoms with E-state index < -0.39 is 0 Å². The molecule has 6 heteroatoms. The number of ketones is 1. The van der Waals surface area contributed by atoms with E-state index in [4.69, 9.17) is 9.26 Å². The van der Waals surface area contributed by atoms with Crippen molar-refractivity contribution in [3.05, 3.63) is 73.7 Å². The molecule has 5 nitrogen and oxygen atoms in total. The number of allylic oxidation sites excluding steroid dienone is 3. The van der Waals surface area contributed by atoms with E-state index in [2.05, 4.69) is 25.2 Å². The first-order chi connectivity index (χ1) is 14.2. The van der Waals surface area contributed by atoms with Crippen LogP contribution >= 0.6 is 0 Å². The van der Waals surface area contributed by atoms with Crippen molar-refractivity contribution >= 4 is 11.4 Å². The molecule has 0 saturated carbocycles.